The van der Waals surface area contributed by atoms with E-state index in [1.807, 2.05) is 7.05 Å². The van der Waals surface area contributed by atoms with Gasteiger partial charge in [-0.25, -0.2) is 9.59 Å². The summed E-state index contributed by atoms with van der Waals surface area (Å²) in [5, 5.41) is 8.35. The highest BCUT2D eigenvalue weighted by molar-refractivity contribution is 5.95. The summed E-state index contributed by atoms with van der Waals surface area (Å²) < 4.78 is 13.9. The second-order valence-electron chi connectivity index (χ2n) is 8.52. The van der Waals surface area contributed by atoms with Crippen molar-refractivity contribution in [2.75, 3.05) is 54.1 Å². The summed E-state index contributed by atoms with van der Waals surface area (Å²) in [4.78, 5) is 44.5. The van der Waals surface area contributed by atoms with Gasteiger partial charge in [-0.05, 0) is 59.2 Å². The molecule has 11 heteroatoms. The van der Waals surface area contributed by atoms with Gasteiger partial charge in [0.2, 0.25) is 5.91 Å². The Labute approximate surface area is 224 Å². The van der Waals surface area contributed by atoms with Gasteiger partial charge in [0.25, 0.3) is 0 Å². The van der Waals surface area contributed by atoms with Gasteiger partial charge >= 0.3 is 12.1 Å². The molecule has 0 aliphatic carbocycles. The molecule has 0 aromatic carbocycles. The van der Waals surface area contributed by atoms with Crippen molar-refractivity contribution < 1.29 is 33.4 Å². The number of nitrogens with one attached hydrogen (secondary N) is 3. The number of alkyl carbamates (subject to hydrolysis) is 1. The Hall–Kier alpha value is -2.08. The predicted octanol–water partition coefficient (Wildman–Crippen LogP) is 2.55. The lowest BCUT2D eigenvalue weighted by Crippen LogP contribution is -2.33. The third kappa shape index (κ3) is 25.4. The van der Waals surface area contributed by atoms with E-state index in [4.69, 9.17) is 15.2 Å². The molecule has 1 heterocycles. The van der Waals surface area contributed by atoms with Gasteiger partial charge in [-0.3, -0.25) is 4.79 Å². The van der Waals surface area contributed by atoms with E-state index in [-0.39, 0.29) is 25.0 Å². The Morgan fingerprint density at radius 3 is 2.16 bits per heavy atom. The molecule has 2 amide bonds. The summed E-state index contributed by atoms with van der Waals surface area (Å²) in [6.45, 7) is 7.25. The number of nitrogens with two attached hydrogens (primary N) is 1. The maximum Gasteiger partial charge on any atom is 0.415 e. The number of hydrogen-bond acceptors (Lipinski definition) is 9. The van der Waals surface area contributed by atoms with E-state index in [1.54, 1.807) is 14.2 Å². The van der Waals surface area contributed by atoms with E-state index in [0.29, 0.717) is 26.0 Å². The summed E-state index contributed by atoms with van der Waals surface area (Å²) in [7, 11) is 5.19. The lowest BCUT2D eigenvalue weighted by atomic mass is 9.96. The molecule has 5 N–H and O–H groups in total. The molecule has 1 aliphatic heterocycles. The molecule has 1 rings (SSSR count). The molecule has 0 bridgehead atoms. The van der Waals surface area contributed by atoms with Crippen LogP contribution in [0.3, 0.4) is 0 Å². The van der Waals surface area contributed by atoms with Gasteiger partial charge in [-0.2, -0.15) is 0 Å². The van der Waals surface area contributed by atoms with Crippen LogP contribution in [-0.2, 0) is 28.6 Å². The molecule has 220 valence electrons. The summed E-state index contributed by atoms with van der Waals surface area (Å²) in [6, 6.07) is -0.399. The van der Waals surface area contributed by atoms with E-state index >= 15 is 0 Å². The van der Waals surface area contributed by atoms with Crippen molar-refractivity contribution in [3.63, 3.8) is 0 Å². The maximum absolute atomic E-state index is 11.9. The number of hydrogen-bond donors (Lipinski definition) is 4. The summed E-state index contributed by atoms with van der Waals surface area (Å²) in [5.41, 5.74) is 5.13. The molecule has 0 aromatic rings. The van der Waals surface area contributed by atoms with Gasteiger partial charge < -0.3 is 40.7 Å². The molecule has 0 unspecified atom stereocenters. The van der Waals surface area contributed by atoms with Crippen LogP contribution in [0.15, 0.2) is 0 Å². The molecular weight excluding hydrogens is 480 g/mol. The first-order valence-corrected chi connectivity index (χ1v) is 12.9. The molecular formula is C26H54N4O7. The van der Waals surface area contributed by atoms with Crippen molar-refractivity contribution in [1.29, 1.82) is 0 Å². The molecule has 37 heavy (non-hydrogen) atoms. The molecule has 2 atom stereocenters. The highest BCUT2D eigenvalue weighted by Gasteiger charge is 2.31. The largest absolute Gasteiger partial charge is 0.415 e. The lowest BCUT2D eigenvalue weighted by Gasteiger charge is -2.15. The number of methoxy groups -OCH3 is 2. The van der Waals surface area contributed by atoms with Crippen LogP contribution in [0.2, 0.25) is 0 Å². The summed E-state index contributed by atoms with van der Waals surface area (Å²) >= 11 is 0. The Morgan fingerprint density at radius 1 is 1.05 bits per heavy atom. The number of Topliss-reactive ketones (excluding diaryl/α,β-unsaturated/α-hetero) is 1. The van der Waals surface area contributed by atoms with Crippen molar-refractivity contribution in [2.45, 2.75) is 85.1 Å². The van der Waals surface area contributed by atoms with Crippen LogP contribution in [0, 0.1) is 5.92 Å². The topological polar surface area (TPSA) is 158 Å². The Morgan fingerprint density at radius 2 is 1.70 bits per heavy atom. The van der Waals surface area contributed by atoms with Gasteiger partial charge in [0, 0.05) is 46.3 Å². The van der Waals surface area contributed by atoms with Crippen molar-refractivity contribution in [3.05, 3.63) is 0 Å². The van der Waals surface area contributed by atoms with Crippen LogP contribution in [0.1, 0.15) is 79.1 Å². The van der Waals surface area contributed by atoms with Crippen LogP contribution < -0.4 is 21.7 Å². The first-order chi connectivity index (χ1) is 17.3. The molecule has 0 aromatic heterocycles. The van der Waals surface area contributed by atoms with Gasteiger partial charge in [0.15, 0.2) is 0 Å². The zero-order valence-electron chi connectivity index (χ0n) is 23.0. The lowest BCUT2D eigenvalue weighted by molar-refractivity contribution is -0.135. The van der Waals surface area contributed by atoms with Crippen LogP contribution in [0.25, 0.3) is 0 Å². The fourth-order valence-electron chi connectivity index (χ4n) is 3.18. The standard InChI is InChI=1S/C13H26N2O3.C8H13NO3.C4H11NO.CH4/c1-11(16)10-12(6-4-7-14-2)13(17)15-8-5-9-18-3;1-2-3-4-5-6-7(10)12-8(11)9-6;1-6-4-2-3-5;/h12,14H,4-10H2,1-3H3,(H,15,17);6H,2-5H2,1H3,(H,9,11);2-5H2,1H3;1H4/t12-;6-;;/m10../s1. The second kappa shape index (κ2) is 28.5. The molecule has 0 saturated carbocycles. The highest BCUT2D eigenvalue weighted by atomic mass is 16.6. The van der Waals surface area contributed by atoms with Gasteiger partial charge in [0.1, 0.15) is 11.8 Å². The van der Waals surface area contributed by atoms with Crippen molar-refractivity contribution >= 4 is 23.8 Å². The number of rotatable bonds is 18. The normalized spacial score (nSPS) is 14.6. The molecule has 0 radical (unpaired) electrons. The number of ether oxygens (including phenoxy) is 3. The Bertz CT molecular complexity index is 587. The predicted molar refractivity (Wildman–Crippen MR) is 146 cm³/mol. The molecule has 0 spiro atoms. The van der Waals surface area contributed by atoms with Crippen molar-refractivity contribution in [2.24, 2.45) is 11.7 Å². The van der Waals surface area contributed by atoms with E-state index in [9.17, 15) is 19.2 Å². The Balaban J connectivity index is -0.000000522. The summed E-state index contributed by atoms with van der Waals surface area (Å²) in [6.07, 6.45) is 6.98. The SMILES string of the molecule is C.CCCCC[C@@H]1NC(=O)OC1=O.CNCCC[C@H](CC(C)=O)C(=O)NCCCOC.COCCCN. The number of carbonyl (C=O) groups excluding carboxylic acids is 4. The van der Waals surface area contributed by atoms with Gasteiger partial charge in [-0.15, -0.1) is 0 Å². The minimum atomic E-state index is -0.610. The minimum Gasteiger partial charge on any atom is -0.385 e. The Kier molecular flexibility index (Phi) is 30.4. The van der Waals surface area contributed by atoms with Crippen molar-refractivity contribution in [1.82, 2.24) is 16.0 Å². The molecule has 11 nitrogen and oxygen atoms in total. The zero-order chi connectivity index (χ0) is 27.6. The summed E-state index contributed by atoms with van der Waals surface area (Å²) in [5.74, 6) is -0.580. The van der Waals surface area contributed by atoms with Crippen LogP contribution in [0.4, 0.5) is 4.79 Å². The number of carbonyl (C=O) groups is 4. The monoisotopic (exact) mass is 534 g/mol. The van der Waals surface area contributed by atoms with Crippen LogP contribution in [-0.4, -0.2) is 83.9 Å². The fourth-order valence-corrected chi connectivity index (χ4v) is 3.18. The van der Waals surface area contributed by atoms with Crippen LogP contribution in [0.5, 0.6) is 0 Å². The number of cyclic esters (lactones) is 2. The van der Waals surface area contributed by atoms with E-state index < -0.39 is 18.1 Å². The zero-order valence-corrected chi connectivity index (χ0v) is 23.0. The number of amides is 2. The molecule has 1 aliphatic rings. The third-order valence-electron chi connectivity index (χ3n) is 5.13. The number of unbranched alkanes of at least 4 members (excludes halogenated alkanes) is 2. The quantitative estimate of drug-likeness (QED) is 0.118. The van der Waals surface area contributed by atoms with E-state index in [2.05, 4.69) is 27.6 Å². The average Bonchev–Trinajstić information content (AvgIpc) is 3.17. The smallest absolute Gasteiger partial charge is 0.385 e. The number of esters is 1. The third-order valence-corrected chi connectivity index (χ3v) is 5.13. The minimum absolute atomic E-state index is 0. The second-order valence-corrected chi connectivity index (χ2v) is 8.52. The van der Waals surface area contributed by atoms with E-state index in [1.165, 1.54) is 6.92 Å². The number of ketones is 1. The first kappa shape index (κ1) is 39.4. The average molecular weight is 535 g/mol. The maximum atomic E-state index is 11.9. The van der Waals surface area contributed by atoms with E-state index in [0.717, 1.165) is 64.6 Å². The van der Waals surface area contributed by atoms with Crippen LogP contribution >= 0.6 is 0 Å². The first-order valence-electron chi connectivity index (χ1n) is 12.9. The van der Waals surface area contributed by atoms with Crippen molar-refractivity contribution in [3.8, 4) is 0 Å². The van der Waals surface area contributed by atoms with Gasteiger partial charge in [-0.1, -0.05) is 33.6 Å². The van der Waals surface area contributed by atoms with Gasteiger partial charge in [0.05, 0.1) is 0 Å². The highest BCUT2D eigenvalue weighted by Crippen LogP contribution is 2.12. The molecule has 1 fully saturated rings. The molecule has 1 saturated heterocycles. The fraction of sp³-hybridized carbons (Fsp3) is 0.846.